The highest BCUT2D eigenvalue weighted by Crippen LogP contribution is 2.32. The van der Waals surface area contributed by atoms with Gasteiger partial charge in [-0.2, -0.15) is 0 Å². The number of rotatable bonds is 10. The highest BCUT2D eigenvalue weighted by atomic mass is 32.2. The van der Waals surface area contributed by atoms with Gasteiger partial charge in [0, 0.05) is 36.4 Å². The molecule has 0 aliphatic carbocycles. The second-order valence-corrected chi connectivity index (χ2v) is 13.2. The van der Waals surface area contributed by atoms with Crippen molar-refractivity contribution in [2.24, 2.45) is 0 Å². The van der Waals surface area contributed by atoms with E-state index in [1.165, 1.54) is 23.2 Å². The number of sulfone groups is 1. The lowest BCUT2D eigenvalue weighted by Crippen LogP contribution is -2.44. The first-order valence-corrected chi connectivity index (χ1v) is 15.4. The van der Waals surface area contributed by atoms with Crippen molar-refractivity contribution < 1.29 is 26.8 Å². The van der Waals surface area contributed by atoms with Gasteiger partial charge in [-0.1, -0.05) is 51.1 Å². The van der Waals surface area contributed by atoms with E-state index in [9.17, 15) is 22.4 Å². The number of aromatic nitrogens is 2. The van der Waals surface area contributed by atoms with E-state index in [0.717, 1.165) is 18.1 Å². The number of amides is 2. The van der Waals surface area contributed by atoms with Gasteiger partial charge in [-0.15, -0.1) is 0 Å². The molecule has 2 aromatic heterocycles. The summed E-state index contributed by atoms with van der Waals surface area (Å²) in [5, 5.41) is 2.87. The Morgan fingerprint density at radius 1 is 1.07 bits per heavy atom. The molecule has 0 spiro atoms. The second kappa shape index (κ2) is 12.6. The maximum atomic E-state index is 14.1. The summed E-state index contributed by atoms with van der Waals surface area (Å²) in [6.07, 6.45) is 5.55. The Bertz CT molecular complexity index is 1650. The molecule has 0 radical (unpaired) electrons. The first-order chi connectivity index (χ1) is 19.8. The number of oxazole rings is 1. The number of carbonyl (C=O) groups is 2. The summed E-state index contributed by atoms with van der Waals surface area (Å²) in [7, 11) is -3.47. The van der Waals surface area contributed by atoms with Crippen LogP contribution in [0.2, 0.25) is 0 Å². The number of benzene rings is 2. The van der Waals surface area contributed by atoms with Crippen LogP contribution in [0.1, 0.15) is 59.9 Å². The number of nitrogens with zero attached hydrogens (tertiary/aromatic N) is 3. The van der Waals surface area contributed by atoms with E-state index in [2.05, 4.69) is 36.1 Å². The highest BCUT2D eigenvalue weighted by Gasteiger charge is 2.35. The monoisotopic (exact) mass is 592 g/mol. The summed E-state index contributed by atoms with van der Waals surface area (Å²) in [5.74, 6) is -2.15. The van der Waals surface area contributed by atoms with Gasteiger partial charge in [0.05, 0.1) is 0 Å². The smallest absolute Gasteiger partial charge is 0.281 e. The van der Waals surface area contributed by atoms with Crippen LogP contribution in [-0.2, 0) is 32.2 Å². The van der Waals surface area contributed by atoms with Gasteiger partial charge in [0.25, 0.3) is 5.91 Å². The number of nitrogens with one attached hydrogen (secondary N) is 1. The Labute approximate surface area is 244 Å². The van der Waals surface area contributed by atoms with E-state index in [4.69, 9.17) is 4.42 Å². The van der Waals surface area contributed by atoms with Crippen LogP contribution in [0.15, 0.2) is 83.7 Å². The molecule has 2 amide bonds. The predicted octanol–water partition coefficient (Wildman–Crippen LogP) is 4.80. The van der Waals surface area contributed by atoms with Crippen LogP contribution >= 0.6 is 0 Å². The summed E-state index contributed by atoms with van der Waals surface area (Å²) in [6, 6.07) is 15.6. The predicted molar refractivity (Wildman–Crippen MR) is 157 cm³/mol. The Balaban J connectivity index is 1.73. The molecular formula is C31H33FN4O5S. The fourth-order valence-corrected chi connectivity index (χ4v) is 4.98. The summed E-state index contributed by atoms with van der Waals surface area (Å²) in [6.45, 7) is 6.38. The molecule has 2 heterocycles. The molecule has 0 aliphatic rings. The largest absolute Gasteiger partial charge is 0.447 e. The molecular weight excluding hydrogens is 559 g/mol. The third kappa shape index (κ3) is 7.88. The molecule has 42 heavy (non-hydrogen) atoms. The topological polar surface area (TPSA) is 122 Å². The lowest BCUT2D eigenvalue weighted by atomic mass is 9.87. The Hall–Kier alpha value is -4.38. The lowest BCUT2D eigenvalue weighted by molar-refractivity contribution is -0.122. The Kier molecular flexibility index (Phi) is 9.20. The zero-order valence-electron chi connectivity index (χ0n) is 23.9. The summed E-state index contributed by atoms with van der Waals surface area (Å²) in [5.41, 5.74) is 2.27. The van der Waals surface area contributed by atoms with Crippen molar-refractivity contribution in [2.45, 2.75) is 44.4 Å². The molecule has 0 saturated carbocycles. The molecule has 1 N–H and O–H groups in total. The molecule has 0 aliphatic heterocycles. The zero-order chi connectivity index (χ0) is 30.5. The minimum Gasteiger partial charge on any atom is -0.447 e. The molecule has 4 rings (SSSR count). The van der Waals surface area contributed by atoms with Gasteiger partial charge in [-0.3, -0.25) is 19.5 Å². The van der Waals surface area contributed by atoms with E-state index in [0.29, 0.717) is 23.2 Å². The lowest BCUT2D eigenvalue weighted by Gasteiger charge is -2.31. The molecule has 9 nitrogen and oxygen atoms in total. The van der Waals surface area contributed by atoms with E-state index >= 15 is 0 Å². The number of anilines is 1. The van der Waals surface area contributed by atoms with Gasteiger partial charge in [0.2, 0.25) is 11.8 Å². The number of carbonyl (C=O) groups excluding carboxylic acids is 2. The van der Waals surface area contributed by atoms with Crippen molar-refractivity contribution in [2.75, 3.05) is 17.7 Å². The molecule has 0 bridgehead atoms. The molecule has 0 saturated heterocycles. The maximum absolute atomic E-state index is 14.1. The van der Waals surface area contributed by atoms with E-state index < -0.39 is 33.4 Å². The zero-order valence-corrected chi connectivity index (χ0v) is 24.7. The molecule has 220 valence electrons. The van der Waals surface area contributed by atoms with E-state index in [1.54, 1.807) is 42.6 Å². The highest BCUT2D eigenvalue weighted by molar-refractivity contribution is 7.89. The van der Waals surface area contributed by atoms with Crippen LogP contribution in [0.4, 0.5) is 10.1 Å². The van der Waals surface area contributed by atoms with Crippen molar-refractivity contribution in [3.05, 3.63) is 113 Å². The minimum absolute atomic E-state index is 0.138. The van der Waals surface area contributed by atoms with Crippen LogP contribution < -0.4 is 10.2 Å². The molecule has 1 unspecified atom stereocenters. The van der Waals surface area contributed by atoms with Gasteiger partial charge in [0.15, 0.2) is 15.5 Å². The summed E-state index contributed by atoms with van der Waals surface area (Å²) in [4.78, 5) is 37.5. The normalized spacial score (nSPS) is 12.5. The SMILES string of the molecule is CC(C)(C)c1ccc(N(C(=O)c2coc(CS(C)(=O)=O)n2)C(C(=O)NCCc2cccc(F)c2)c2cccnc2)cc1. The Morgan fingerprint density at radius 3 is 2.43 bits per heavy atom. The van der Waals surface area contributed by atoms with Crippen LogP contribution in [0, 0.1) is 5.82 Å². The first-order valence-electron chi connectivity index (χ1n) is 13.3. The number of hydrogen-bond donors (Lipinski definition) is 1. The van der Waals surface area contributed by atoms with Gasteiger partial charge in [0.1, 0.15) is 23.9 Å². The average molecular weight is 593 g/mol. The Morgan fingerprint density at radius 2 is 1.81 bits per heavy atom. The van der Waals surface area contributed by atoms with Crippen LogP contribution in [0.5, 0.6) is 0 Å². The second-order valence-electron chi connectivity index (χ2n) is 11.0. The molecule has 4 aromatic rings. The third-order valence-corrected chi connectivity index (χ3v) is 7.27. The van der Waals surface area contributed by atoms with Crippen molar-refractivity contribution in [3.8, 4) is 0 Å². The molecule has 11 heteroatoms. The number of halogens is 1. The fraction of sp³-hybridized carbons (Fsp3) is 0.290. The molecule has 1 atom stereocenters. The molecule has 0 fully saturated rings. The van der Waals surface area contributed by atoms with Gasteiger partial charge < -0.3 is 9.73 Å². The maximum Gasteiger partial charge on any atom is 0.281 e. The first kappa shape index (κ1) is 30.6. The van der Waals surface area contributed by atoms with Crippen molar-refractivity contribution >= 4 is 27.3 Å². The van der Waals surface area contributed by atoms with Crippen molar-refractivity contribution in [3.63, 3.8) is 0 Å². The van der Waals surface area contributed by atoms with Crippen LogP contribution in [-0.4, -0.2) is 43.0 Å². The average Bonchev–Trinajstić information content (AvgIpc) is 3.38. The quantitative estimate of drug-likeness (QED) is 0.281. The van der Waals surface area contributed by atoms with Crippen LogP contribution in [0.25, 0.3) is 0 Å². The van der Waals surface area contributed by atoms with Crippen LogP contribution in [0.3, 0.4) is 0 Å². The van der Waals surface area contributed by atoms with Gasteiger partial charge in [-0.05, 0) is 53.3 Å². The minimum atomic E-state index is -3.47. The van der Waals surface area contributed by atoms with Crippen molar-refractivity contribution in [1.82, 2.24) is 15.3 Å². The standard InChI is InChI=1S/C31H33FN4O5S/c1-31(2,3)23-10-12-25(13-11-23)36(30(38)26-19-41-27(35-26)20-42(4,39)40)28(22-8-6-15-33-18-22)29(37)34-16-14-21-7-5-9-24(32)17-21/h5-13,15,17-19,28H,14,16,20H2,1-4H3,(H,34,37). The van der Waals surface area contributed by atoms with E-state index in [-0.39, 0.29) is 29.4 Å². The van der Waals surface area contributed by atoms with E-state index in [1.807, 2.05) is 12.1 Å². The summed E-state index contributed by atoms with van der Waals surface area (Å²) < 4.78 is 42.5. The van der Waals surface area contributed by atoms with Gasteiger partial charge in [-0.25, -0.2) is 17.8 Å². The summed E-state index contributed by atoms with van der Waals surface area (Å²) >= 11 is 0. The number of pyridine rings is 1. The number of hydrogen-bond acceptors (Lipinski definition) is 7. The van der Waals surface area contributed by atoms with Crippen molar-refractivity contribution in [1.29, 1.82) is 0 Å². The molecule has 2 aromatic carbocycles. The third-order valence-electron chi connectivity index (χ3n) is 6.50. The van der Waals surface area contributed by atoms with Gasteiger partial charge >= 0.3 is 0 Å². The fourth-order valence-electron chi connectivity index (χ4n) is 4.40.